The summed E-state index contributed by atoms with van der Waals surface area (Å²) in [5.41, 5.74) is 2.60. The number of rotatable bonds is 2. The number of hydrogen-bond donors (Lipinski definition) is 3. The summed E-state index contributed by atoms with van der Waals surface area (Å²) >= 11 is 11.2. The number of carbonyl (C=O) groups excluding carboxylic acids is 2. The second-order valence-corrected chi connectivity index (χ2v) is 5.60. The molecule has 5 nitrogen and oxygen atoms in total. The summed E-state index contributed by atoms with van der Waals surface area (Å²) < 4.78 is 38.8. The number of nitrogens with one attached hydrogen (secondary N) is 3. The van der Waals surface area contributed by atoms with Gasteiger partial charge in [-0.2, -0.15) is 13.2 Å². The van der Waals surface area contributed by atoms with Crippen LogP contribution in [0.15, 0.2) is 42.5 Å². The van der Waals surface area contributed by atoms with Crippen LogP contribution < -0.4 is 16.2 Å². The van der Waals surface area contributed by atoms with Gasteiger partial charge in [0.2, 0.25) is 0 Å². The molecule has 3 N–H and O–H groups in total. The second-order valence-electron chi connectivity index (χ2n) is 4.73. The third-order valence-electron chi connectivity index (χ3n) is 2.93. The van der Waals surface area contributed by atoms with Crippen LogP contribution in [0, 0.1) is 0 Å². The third kappa shape index (κ3) is 5.27. The predicted octanol–water partition coefficient (Wildman–Crippen LogP) is 4.48. The van der Waals surface area contributed by atoms with E-state index in [4.69, 9.17) is 23.2 Å². The van der Waals surface area contributed by atoms with E-state index in [1.807, 2.05) is 10.7 Å². The monoisotopic (exact) mass is 391 g/mol. The number of benzene rings is 2. The van der Waals surface area contributed by atoms with Crippen molar-refractivity contribution in [2.24, 2.45) is 0 Å². The Bertz CT molecular complexity index is 796. The van der Waals surface area contributed by atoms with Gasteiger partial charge in [0.05, 0.1) is 11.3 Å². The van der Waals surface area contributed by atoms with E-state index in [2.05, 4.69) is 5.43 Å². The average Bonchev–Trinajstić information content (AvgIpc) is 2.54. The molecule has 0 spiro atoms. The summed E-state index contributed by atoms with van der Waals surface area (Å²) in [5, 5.41) is 2.29. The summed E-state index contributed by atoms with van der Waals surface area (Å²) in [6, 6.07) is 7.60. The van der Waals surface area contributed by atoms with Crippen molar-refractivity contribution in [3.63, 3.8) is 0 Å². The van der Waals surface area contributed by atoms with Crippen LogP contribution in [0.2, 0.25) is 10.0 Å². The Kier molecular flexibility index (Phi) is 5.76. The summed E-state index contributed by atoms with van der Waals surface area (Å²) in [4.78, 5) is 23.5. The normalized spacial score (nSPS) is 10.9. The first-order valence-corrected chi connectivity index (χ1v) is 7.42. The van der Waals surface area contributed by atoms with Crippen LogP contribution in [0.4, 0.5) is 23.7 Å². The SMILES string of the molecule is O=C(NNC(=O)c1ccc(Cl)cc1)Nc1ccc(Cl)cc1C(F)(F)F. The van der Waals surface area contributed by atoms with E-state index < -0.39 is 29.4 Å². The van der Waals surface area contributed by atoms with Crippen molar-refractivity contribution < 1.29 is 22.8 Å². The van der Waals surface area contributed by atoms with Gasteiger partial charge in [-0.3, -0.25) is 10.2 Å². The van der Waals surface area contributed by atoms with Crippen molar-refractivity contribution in [2.75, 3.05) is 5.32 Å². The van der Waals surface area contributed by atoms with Crippen LogP contribution in [-0.2, 0) is 6.18 Å². The summed E-state index contributed by atoms with van der Waals surface area (Å²) in [7, 11) is 0. The molecular formula is C15H10Cl2F3N3O2. The van der Waals surface area contributed by atoms with Crippen molar-refractivity contribution in [1.82, 2.24) is 10.9 Å². The predicted molar refractivity (Wildman–Crippen MR) is 87.5 cm³/mol. The Balaban J connectivity index is 2.01. The fraction of sp³-hybridized carbons (Fsp3) is 0.0667. The molecule has 0 saturated heterocycles. The van der Waals surface area contributed by atoms with Gasteiger partial charge in [0.15, 0.2) is 0 Å². The highest BCUT2D eigenvalue weighted by Crippen LogP contribution is 2.36. The first kappa shape index (κ1) is 18.9. The third-order valence-corrected chi connectivity index (χ3v) is 3.42. The fourth-order valence-corrected chi connectivity index (χ4v) is 2.10. The van der Waals surface area contributed by atoms with E-state index in [0.29, 0.717) is 11.1 Å². The zero-order chi connectivity index (χ0) is 18.6. The molecule has 0 radical (unpaired) electrons. The van der Waals surface area contributed by atoms with E-state index in [1.54, 1.807) is 0 Å². The van der Waals surface area contributed by atoms with Gasteiger partial charge in [0.25, 0.3) is 5.91 Å². The summed E-state index contributed by atoms with van der Waals surface area (Å²) in [5.74, 6) is -0.668. The lowest BCUT2D eigenvalue weighted by atomic mass is 10.1. The summed E-state index contributed by atoms with van der Waals surface area (Å²) in [6.07, 6.45) is -4.71. The maximum absolute atomic E-state index is 12.9. The zero-order valence-electron chi connectivity index (χ0n) is 12.2. The molecular weight excluding hydrogens is 382 g/mol. The van der Waals surface area contributed by atoms with Gasteiger partial charge in [0.1, 0.15) is 0 Å². The molecule has 0 fully saturated rings. The van der Waals surface area contributed by atoms with Gasteiger partial charge in [-0.1, -0.05) is 23.2 Å². The van der Waals surface area contributed by atoms with Crippen LogP contribution in [0.5, 0.6) is 0 Å². The minimum Gasteiger partial charge on any atom is -0.306 e. The highest BCUT2D eigenvalue weighted by atomic mass is 35.5. The molecule has 0 saturated carbocycles. The van der Waals surface area contributed by atoms with Gasteiger partial charge in [0, 0.05) is 15.6 Å². The lowest BCUT2D eigenvalue weighted by Crippen LogP contribution is -2.44. The van der Waals surface area contributed by atoms with Crippen molar-refractivity contribution >= 4 is 40.8 Å². The maximum atomic E-state index is 12.9. The van der Waals surface area contributed by atoms with E-state index in [9.17, 15) is 22.8 Å². The fourth-order valence-electron chi connectivity index (χ4n) is 1.80. The first-order chi connectivity index (χ1) is 11.7. The molecule has 2 aromatic rings. The van der Waals surface area contributed by atoms with Crippen LogP contribution >= 0.6 is 23.2 Å². The first-order valence-electron chi connectivity index (χ1n) is 6.66. The Hall–Kier alpha value is -2.45. The Morgan fingerprint density at radius 3 is 2.08 bits per heavy atom. The largest absolute Gasteiger partial charge is 0.418 e. The van der Waals surface area contributed by atoms with Crippen LogP contribution in [0.25, 0.3) is 0 Å². The van der Waals surface area contributed by atoms with E-state index in [0.717, 1.165) is 6.07 Å². The Morgan fingerprint density at radius 2 is 1.48 bits per heavy atom. The highest BCUT2D eigenvalue weighted by molar-refractivity contribution is 6.31. The number of amides is 3. The minimum atomic E-state index is -4.71. The molecule has 0 aromatic heterocycles. The van der Waals surface area contributed by atoms with Gasteiger partial charge in [-0.25, -0.2) is 10.2 Å². The number of hydrazine groups is 1. The molecule has 0 aliphatic rings. The number of alkyl halides is 3. The van der Waals surface area contributed by atoms with E-state index in [1.165, 1.54) is 30.3 Å². The molecule has 0 aliphatic heterocycles. The molecule has 3 amide bonds. The van der Waals surface area contributed by atoms with Crippen molar-refractivity contribution in [3.8, 4) is 0 Å². The van der Waals surface area contributed by atoms with Crippen molar-refractivity contribution in [2.45, 2.75) is 6.18 Å². The molecule has 0 atom stereocenters. The molecule has 2 aromatic carbocycles. The molecule has 0 unspecified atom stereocenters. The van der Waals surface area contributed by atoms with Crippen LogP contribution in [0.1, 0.15) is 15.9 Å². The molecule has 0 aliphatic carbocycles. The standard InChI is InChI=1S/C15H10Cl2F3N3O2/c16-9-3-1-8(2-4-9)13(24)22-23-14(25)21-12-6-5-10(17)7-11(12)15(18,19)20/h1-7H,(H,22,24)(H2,21,23,25). The maximum Gasteiger partial charge on any atom is 0.418 e. The van der Waals surface area contributed by atoms with Gasteiger partial charge in [-0.15, -0.1) is 0 Å². The number of hydrogen-bond acceptors (Lipinski definition) is 2. The molecule has 0 bridgehead atoms. The summed E-state index contributed by atoms with van der Waals surface area (Å²) in [6.45, 7) is 0. The molecule has 25 heavy (non-hydrogen) atoms. The van der Waals surface area contributed by atoms with Gasteiger partial charge in [-0.05, 0) is 42.5 Å². The number of halogens is 5. The Morgan fingerprint density at radius 1 is 0.880 bits per heavy atom. The van der Waals surface area contributed by atoms with E-state index >= 15 is 0 Å². The van der Waals surface area contributed by atoms with Crippen LogP contribution in [0.3, 0.4) is 0 Å². The number of urea groups is 1. The second kappa shape index (κ2) is 7.62. The quantitative estimate of drug-likeness (QED) is 0.660. The number of anilines is 1. The molecule has 0 heterocycles. The molecule has 10 heteroatoms. The zero-order valence-corrected chi connectivity index (χ0v) is 13.8. The smallest absolute Gasteiger partial charge is 0.306 e. The Labute approximate surface area is 150 Å². The van der Waals surface area contributed by atoms with Gasteiger partial charge < -0.3 is 5.32 Å². The van der Waals surface area contributed by atoms with Crippen LogP contribution in [-0.4, -0.2) is 11.9 Å². The topological polar surface area (TPSA) is 70.2 Å². The highest BCUT2D eigenvalue weighted by Gasteiger charge is 2.34. The number of carbonyl (C=O) groups is 2. The average molecular weight is 392 g/mol. The lowest BCUT2D eigenvalue weighted by Gasteiger charge is -2.15. The van der Waals surface area contributed by atoms with Crippen molar-refractivity contribution in [3.05, 3.63) is 63.6 Å². The van der Waals surface area contributed by atoms with Crippen molar-refractivity contribution in [1.29, 1.82) is 0 Å². The lowest BCUT2D eigenvalue weighted by molar-refractivity contribution is -0.136. The molecule has 132 valence electrons. The van der Waals surface area contributed by atoms with E-state index in [-0.39, 0.29) is 10.6 Å². The molecule has 2 rings (SSSR count). The van der Waals surface area contributed by atoms with Gasteiger partial charge >= 0.3 is 12.2 Å². The minimum absolute atomic E-state index is 0.130.